The molecule has 1 amide bonds. The molecule has 0 unspecified atom stereocenters. The third-order valence-corrected chi connectivity index (χ3v) is 3.31. The lowest BCUT2D eigenvalue weighted by Gasteiger charge is -2.10. The topological polar surface area (TPSA) is 87.2 Å². The molecule has 0 aliphatic heterocycles. The van der Waals surface area contributed by atoms with Gasteiger partial charge in [-0.15, -0.1) is 10.2 Å². The van der Waals surface area contributed by atoms with Gasteiger partial charge in [0, 0.05) is 24.3 Å². The number of amides is 1. The van der Waals surface area contributed by atoms with Gasteiger partial charge < -0.3 is 15.5 Å². The number of aromatic nitrogens is 2. The van der Waals surface area contributed by atoms with E-state index in [9.17, 15) is 9.59 Å². The van der Waals surface area contributed by atoms with Crippen LogP contribution in [-0.4, -0.2) is 54.0 Å². The van der Waals surface area contributed by atoms with Crippen molar-refractivity contribution in [2.75, 3.05) is 32.5 Å². The second kappa shape index (κ2) is 8.16. The molecule has 1 heterocycles. The first kappa shape index (κ1) is 17.6. The number of Topliss-reactive ketones (excluding diaryl/α,β-unsaturated/α-hetero) is 1. The average molecular weight is 327 g/mol. The molecule has 0 saturated heterocycles. The molecule has 24 heavy (non-hydrogen) atoms. The Morgan fingerprint density at radius 2 is 1.75 bits per heavy atom. The van der Waals surface area contributed by atoms with Crippen molar-refractivity contribution in [2.45, 2.75) is 6.92 Å². The molecule has 0 atom stereocenters. The van der Waals surface area contributed by atoms with Gasteiger partial charge in [0.1, 0.15) is 0 Å². The maximum absolute atomic E-state index is 11.9. The van der Waals surface area contributed by atoms with Gasteiger partial charge in [0.15, 0.2) is 17.3 Å². The van der Waals surface area contributed by atoms with E-state index >= 15 is 0 Å². The van der Waals surface area contributed by atoms with Gasteiger partial charge in [-0.2, -0.15) is 0 Å². The van der Waals surface area contributed by atoms with Crippen molar-refractivity contribution >= 4 is 23.2 Å². The molecule has 0 bridgehead atoms. The summed E-state index contributed by atoms with van der Waals surface area (Å²) in [7, 11) is 3.88. The summed E-state index contributed by atoms with van der Waals surface area (Å²) >= 11 is 0. The summed E-state index contributed by atoms with van der Waals surface area (Å²) in [5, 5.41) is 13.8. The molecule has 7 nitrogen and oxygen atoms in total. The van der Waals surface area contributed by atoms with E-state index in [-0.39, 0.29) is 17.4 Å². The zero-order valence-electron chi connectivity index (χ0n) is 14.0. The van der Waals surface area contributed by atoms with Crippen LogP contribution in [0, 0.1) is 0 Å². The number of nitrogens with one attached hydrogen (secondary N) is 2. The Balaban J connectivity index is 1.94. The lowest BCUT2D eigenvalue weighted by Crippen LogP contribution is -2.31. The first-order chi connectivity index (χ1) is 11.5. The number of benzene rings is 1. The first-order valence-corrected chi connectivity index (χ1v) is 7.60. The third kappa shape index (κ3) is 5.13. The van der Waals surface area contributed by atoms with Crippen molar-refractivity contribution in [3.05, 3.63) is 47.7 Å². The first-order valence-electron chi connectivity index (χ1n) is 7.60. The van der Waals surface area contributed by atoms with Crippen molar-refractivity contribution in [3.63, 3.8) is 0 Å². The highest BCUT2D eigenvalue weighted by atomic mass is 16.2. The number of likely N-dealkylation sites (N-methyl/N-ethyl adjacent to an activating group) is 1. The fraction of sp³-hybridized carbons (Fsp3) is 0.294. The SMILES string of the molecule is CC(=O)c1ccc(Nc2ccc(C(=O)NCCN(C)C)nn2)cc1. The maximum atomic E-state index is 11.9. The quantitative estimate of drug-likeness (QED) is 0.753. The molecular weight excluding hydrogens is 306 g/mol. The van der Waals surface area contributed by atoms with Crippen LogP contribution in [-0.2, 0) is 0 Å². The molecule has 0 radical (unpaired) electrons. The van der Waals surface area contributed by atoms with Crippen molar-refractivity contribution < 1.29 is 9.59 Å². The van der Waals surface area contributed by atoms with Crippen LogP contribution in [0.2, 0.25) is 0 Å². The zero-order valence-corrected chi connectivity index (χ0v) is 14.0. The van der Waals surface area contributed by atoms with E-state index in [1.54, 1.807) is 36.4 Å². The second-order valence-corrected chi connectivity index (χ2v) is 5.62. The third-order valence-electron chi connectivity index (χ3n) is 3.31. The molecule has 0 fully saturated rings. The molecule has 1 aromatic carbocycles. The minimum Gasteiger partial charge on any atom is -0.349 e. The van der Waals surface area contributed by atoms with E-state index in [1.165, 1.54) is 6.92 Å². The Kier molecular flexibility index (Phi) is 5.97. The van der Waals surface area contributed by atoms with Crippen molar-refractivity contribution in [1.29, 1.82) is 0 Å². The predicted molar refractivity (Wildman–Crippen MR) is 92.6 cm³/mol. The van der Waals surface area contributed by atoms with E-state index in [1.807, 2.05) is 19.0 Å². The molecule has 2 rings (SSSR count). The molecule has 0 spiro atoms. The number of ketones is 1. The van der Waals surface area contributed by atoms with Crippen LogP contribution in [0.4, 0.5) is 11.5 Å². The van der Waals surface area contributed by atoms with Crippen LogP contribution in [0.1, 0.15) is 27.8 Å². The van der Waals surface area contributed by atoms with Crippen LogP contribution in [0.3, 0.4) is 0 Å². The number of carbonyl (C=O) groups excluding carboxylic acids is 2. The zero-order chi connectivity index (χ0) is 17.5. The maximum Gasteiger partial charge on any atom is 0.271 e. The summed E-state index contributed by atoms with van der Waals surface area (Å²) in [6.07, 6.45) is 0. The molecule has 0 aliphatic carbocycles. The summed E-state index contributed by atoms with van der Waals surface area (Å²) in [6.45, 7) is 2.83. The molecule has 0 saturated carbocycles. The summed E-state index contributed by atoms with van der Waals surface area (Å²) in [5.41, 5.74) is 1.71. The van der Waals surface area contributed by atoms with Crippen LogP contribution in [0.15, 0.2) is 36.4 Å². The van der Waals surface area contributed by atoms with E-state index in [0.717, 1.165) is 12.2 Å². The highest BCUT2D eigenvalue weighted by Crippen LogP contribution is 2.15. The van der Waals surface area contributed by atoms with Crippen LogP contribution in [0.25, 0.3) is 0 Å². The molecule has 2 aromatic rings. The molecule has 1 aromatic heterocycles. The van der Waals surface area contributed by atoms with Gasteiger partial charge >= 0.3 is 0 Å². The number of carbonyl (C=O) groups is 2. The van der Waals surface area contributed by atoms with Gasteiger partial charge in [-0.05, 0) is 57.4 Å². The summed E-state index contributed by atoms with van der Waals surface area (Å²) in [6, 6.07) is 10.4. The second-order valence-electron chi connectivity index (χ2n) is 5.62. The van der Waals surface area contributed by atoms with E-state index in [0.29, 0.717) is 17.9 Å². The number of hydrogen-bond acceptors (Lipinski definition) is 6. The molecule has 0 aliphatic rings. The van der Waals surface area contributed by atoms with Gasteiger partial charge in [-0.3, -0.25) is 9.59 Å². The van der Waals surface area contributed by atoms with Crippen LogP contribution < -0.4 is 10.6 Å². The lowest BCUT2D eigenvalue weighted by atomic mass is 10.1. The fourth-order valence-corrected chi connectivity index (χ4v) is 1.94. The normalized spacial score (nSPS) is 10.5. The van der Waals surface area contributed by atoms with Crippen LogP contribution in [0.5, 0.6) is 0 Å². The summed E-state index contributed by atoms with van der Waals surface area (Å²) in [4.78, 5) is 25.1. The molecule has 126 valence electrons. The Bertz CT molecular complexity index is 696. The fourth-order valence-electron chi connectivity index (χ4n) is 1.94. The summed E-state index contributed by atoms with van der Waals surface area (Å²) in [5.74, 6) is 0.295. The van der Waals surface area contributed by atoms with Gasteiger partial charge in [0.2, 0.25) is 0 Å². The van der Waals surface area contributed by atoms with Gasteiger partial charge in [0.25, 0.3) is 5.91 Å². The Labute approximate surface area is 141 Å². The largest absolute Gasteiger partial charge is 0.349 e. The van der Waals surface area contributed by atoms with Crippen molar-refractivity contribution in [1.82, 2.24) is 20.4 Å². The van der Waals surface area contributed by atoms with Crippen molar-refractivity contribution in [3.8, 4) is 0 Å². The van der Waals surface area contributed by atoms with E-state index in [2.05, 4.69) is 20.8 Å². The smallest absolute Gasteiger partial charge is 0.271 e. The lowest BCUT2D eigenvalue weighted by molar-refractivity contribution is 0.0944. The van der Waals surface area contributed by atoms with Crippen LogP contribution >= 0.6 is 0 Å². The highest BCUT2D eigenvalue weighted by Gasteiger charge is 2.08. The number of nitrogens with zero attached hydrogens (tertiary/aromatic N) is 3. The van der Waals surface area contributed by atoms with Gasteiger partial charge in [-0.25, -0.2) is 0 Å². The Morgan fingerprint density at radius 1 is 1.04 bits per heavy atom. The minimum atomic E-state index is -0.248. The highest BCUT2D eigenvalue weighted by molar-refractivity contribution is 5.94. The monoisotopic (exact) mass is 327 g/mol. The number of rotatable bonds is 7. The average Bonchev–Trinajstić information content (AvgIpc) is 2.55. The molecule has 2 N–H and O–H groups in total. The standard InChI is InChI=1S/C17H21N5O2/c1-12(23)13-4-6-14(7-5-13)19-16-9-8-15(20-21-16)17(24)18-10-11-22(2)3/h4-9H,10-11H2,1-3H3,(H,18,24)(H,19,21). The van der Waals surface area contributed by atoms with E-state index in [4.69, 9.17) is 0 Å². The van der Waals surface area contributed by atoms with E-state index < -0.39 is 0 Å². The predicted octanol–water partition coefficient (Wildman–Crippen LogP) is 1.71. The molecular formula is C17H21N5O2. The number of hydrogen-bond donors (Lipinski definition) is 2. The molecule has 7 heteroatoms. The Morgan fingerprint density at radius 3 is 2.29 bits per heavy atom. The minimum absolute atomic E-state index is 0.0194. The van der Waals surface area contributed by atoms with Crippen molar-refractivity contribution in [2.24, 2.45) is 0 Å². The number of anilines is 2. The Hall–Kier alpha value is -2.80. The summed E-state index contributed by atoms with van der Waals surface area (Å²) < 4.78 is 0. The van der Waals surface area contributed by atoms with Gasteiger partial charge in [-0.1, -0.05) is 0 Å². The van der Waals surface area contributed by atoms with Gasteiger partial charge in [0.05, 0.1) is 0 Å².